The lowest BCUT2D eigenvalue weighted by Crippen LogP contribution is -2.17. The van der Waals surface area contributed by atoms with Crippen LogP contribution in [0, 0.1) is 0 Å². The molecule has 0 N–H and O–H groups in total. The fraction of sp³-hybridized carbons (Fsp3) is 0.158. The Balaban J connectivity index is 2.07. The highest BCUT2D eigenvalue weighted by Gasteiger charge is 2.15. The Morgan fingerprint density at radius 3 is 2.64 bits per heavy atom. The van der Waals surface area contributed by atoms with Crippen LogP contribution in [0.25, 0.3) is 22.1 Å². The summed E-state index contributed by atoms with van der Waals surface area (Å²) in [6.07, 6.45) is 1.37. The predicted octanol–water partition coefficient (Wildman–Crippen LogP) is 4.00. The summed E-state index contributed by atoms with van der Waals surface area (Å²) in [5.74, 6) is 0.267. The monoisotopic (exact) mass is 358 g/mol. The maximum absolute atomic E-state index is 12.8. The van der Waals surface area contributed by atoms with E-state index in [4.69, 9.17) is 25.5 Å². The number of fused-ring (bicyclic) bond motifs is 1. The molecular formula is C19H15ClO5. The van der Waals surface area contributed by atoms with E-state index in [1.807, 2.05) is 12.1 Å². The van der Waals surface area contributed by atoms with E-state index < -0.39 is 11.3 Å². The lowest BCUT2D eigenvalue weighted by Gasteiger charge is -2.09. The van der Waals surface area contributed by atoms with Crippen molar-refractivity contribution < 1.29 is 18.7 Å². The van der Waals surface area contributed by atoms with Crippen molar-refractivity contribution in [3.63, 3.8) is 0 Å². The molecule has 1 aromatic heterocycles. The van der Waals surface area contributed by atoms with Gasteiger partial charge in [0.2, 0.25) is 5.43 Å². The molecule has 0 aliphatic rings. The molecule has 5 nitrogen and oxygen atoms in total. The third-order valence-corrected chi connectivity index (χ3v) is 3.86. The predicted molar refractivity (Wildman–Crippen MR) is 95.4 cm³/mol. The number of halogens is 1. The van der Waals surface area contributed by atoms with E-state index in [2.05, 4.69) is 0 Å². The first-order valence-corrected chi connectivity index (χ1v) is 7.99. The smallest absolute Gasteiger partial charge is 0.329 e. The second-order valence-corrected chi connectivity index (χ2v) is 6.03. The summed E-state index contributed by atoms with van der Waals surface area (Å²) < 4.78 is 16.0. The van der Waals surface area contributed by atoms with E-state index >= 15 is 0 Å². The second kappa shape index (κ2) is 6.99. The van der Waals surface area contributed by atoms with Crippen molar-refractivity contribution in [1.29, 1.82) is 0 Å². The van der Waals surface area contributed by atoms with Crippen LogP contribution in [-0.4, -0.2) is 18.5 Å². The number of carbonyl (C=O) groups is 1. The summed E-state index contributed by atoms with van der Waals surface area (Å²) in [5.41, 5.74) is 1.15. The first-order chi connectivity index (χ1) is 12.0. The van der Waals surface area contributed by atoms with Crippen molar-refractivity contribution in [2.24, 2.45) is 0 Å². The number of ether oxygens (including phenoxy) is 2. The molecule has 3 rings (SSSR count). The highest BCUT2D eigenvalue weighted by Crippen LogP contribution is 2.29. The molecule has 0 radical (unpaired) electrons. The Labute approximate surface area is 148 Å². The van der Waals surface area contributed by atoms with E-state index in [0.717, 1.165) is 0 Å². The fourth-order valence-electron chi connectivity index (χ4n) is 2.42. The number of para-hydroxylation sites is 1. The maximum atomic E-state index is 12.8. The van der Waals surface area contributed by atoms with Crippen molar-refractivity contribution >= 4 is 28.5 Å². The van der Waals surface area contributed by atoms with Gasteiger partial charge in [-0.25, -0.2) is 0 Å². The van der Waals surface area contributed by atoms with Crippen LogP contribution in [0.1, 0.15) is 6.92 Å². The average molecular weight is 359 g/mol. The van der Waals surface area contributed by atoms with Crippen LogP contribution >= 0.6 is 11.6 Å². The van der Waals surface area contributed by atoms with Gasteiger partial charge in [-0.15, -0.1) is 11.6 Å². The van der Waals surface area contributed by atoms with Crippen molar-refractivity contribution in [1.82, 2.24) is 0 Å². The molecule has 0 aliphatic carbocycles. The standard InChI is InChI=1S/C19H15ClO5/c1-11(20)19(22)25-12-7-8-14-17(9-12)24-10-15(18(14)21)13-5-3-4-6-16(13)23-2/h3-11H,1-2H3. The van der Waals surface area contributed by atoms with Gasteiger partial charge in [0, 0.05) is 11.6 Å². The molecule has 128 valence electrons. The Morgan fingerprint density at radius 2 is 1.92 bits per heavy atom. The van der Waals surface area contributed by atoms with Gasteiger partial charge in [0.25, 0.3) is 0 Å². The topological polar surface area (TPSA) is 65.7 Å². The Bertz CT molecular complexity index is 991. The molecule has 0 saturated carbocycles. The van der Waals surface area contributed by atoms with Gasteiger partial charge >= 0.3 is 5.97 Å². The summed E-state index contributed by atoms with van der Waals surface area (Å²) in [5, 5.41) is -0.391. The number of hydrogen-bond donors (Lipinski definition) is 0. The van der Waals surface area contributed by atoms with Crippen LogP contribution in [0.5, 0.6) is 11.5 Å². The van der Waals surface area contributed by atoms with Gasteiger partial charge in [0.15, 0.2) is 0 Å². The lowest BCUT2D eigenvalue weighted by molar-refractivity contribution is -0.133. The zero-order chi connectivity index (χ0) is 18.0. The van der Waals surface area contributed by atoms with Gasteiger partial charge < -0.3 is 13.9 Å². The molecule has 0 aliphatic heterocycles. The largest absolute Gasteiger partial charge is 0.496 e. The van der Waals surface area contributed by atoms with E-state index in [-0.39, 0.29) is 11.2 Å². The van der Waals surface area contributed by atoms with Crippen LogP contribution in [0.3, 0.4) is 0 Å². The summed E-state index contributed by atoms with van der Waals surface area (Å²) in [6.45, 7) is 1.52. The van der Waals surface area contributed by atoms with E-state index in [0.29, 0.717) is 27.8 Å². The van der Waals surface area contributed by atoms with Gasteiger partial charge in [-0.05, 0) is 25.1 Å². The Kier molecular flexibility index (Phi) is 4.76. The van der Waals surface area contributed by atoms with E-state index in [1.165, 1.54) is 25.3 Å². The molecule has 0 fully saturated rings. The minimum Gasteiger partial charge on any atom is -0.496 e. The molecule has 0 amide bonds. The average Bonchev–Trinajstić information content (AvgIpc) is 2.62. The SMILES string of the molecule is COc1ccccc1-c1coc2cc(OC(=O)C(C)Cl)ccc2c1=O. The molecule has 1 atom stereocenters. The molecular weight excluding hydrogens is 344 g/mol. The number of rotatable bonds is 4. The van der Waals surface area contributed by atoms with Crippen LogP contribution < -0.4 is 14.9 Å². The van der Waals surface area contributed by atoms with Gasteiger partial charge in [-0.1, -0.05) is 18.2 Å². The van der Waals surface area contributed by atoms with Crippen LogP contribution in [-0.2, 0) is 4.79 Å². The van der Waals surface area contributed by atoms with Crippen molar-refractivity contribution in [2.45, 2.75) is 12.3 Å². The Morgan fingerprint density at radius 1 is 1.16 bits per heavy atom. The number of alkyl halides is 1. The van der Waals surface area contributed by atoms with Gasteiger partial charge in [-0.3, -0.25) is 9.59 Å². The summed E-state index contributed by atoms with van der Waals surface area (Å²) in [6, 6.07) is 11.8. The third kappa shape index (κ3) is 3.37. The molecule has 1 unspecified atom stereocenters. The van der Waals surface area contributed by atoms with Gasteiger partial charge in [0.05, 0.1) is 18.1 Å². The summed E-state index contributed by atoms with van der Waals surface area (Å²) in [4.78, 5) is 24.4. The van der Waals surface area contributed by atoms with Gasteiger partial charge in [0.1, 0.15) is 28.7 Å². The maximum Gasteiger partial charge on any atom is 0.329 e. The van der Waals surface area contributed by atoms with Crippen LogP contribution in [0.4, 0.5) is 0 Å². The molecule has 2 aromatic carbocycles. The van der Waals surface area contributed by atoms with E-state index in [1.54, 1.807) is 25.3 Å². The highest BCUT2D eigenvalue weighted by molar-refractivity contribution is 6.29. The lowest BCUT2D eigenvalue weighted by atomic mass is 10.0. The second-order valence-electron chi connectivity index (χ2n) is 5.37. The molecule has 25 heavy (non-hydrogen) atoms. The summed E-state index contributed by atoms with van der Waals surface area (Å²) >= 11 is 5.68. The quantitative estimate of drug-likeness (QED) is 0.400. The molecule has 1 heterocycles. The zero-order valence-corrected chi connectivity index (χ0v) is 14.4. The number of esters is 1. The summed E-state index contributed by atoms with van der Waals surface area (Å²) in [7, 11) is 1.54. The normalized spacial score (nSPS) is 12.0. The van der Waals surface area contributed by atoms with Gasteiger partial charge in [-0.2, -0.15) is 0 Å². The van der Waals surface area contributed by atoms with Crippen molar-refractivity contribution in [3.05, 3.63) is 59.0 Å². The fourth-order valence-corrected chi connectivity index (χ4v) is 2.47. The molecule has 3 aromatic rings. The minimum atomic E-state index is -0.768. The number of methoxy groups -OCH3 is 1. The van der Waals surface area contributed by atoms with Crippen LogP contribution in [0.2, 0.25) is 0 Å². The number of carbonyl (C=O) groups excluding carboxylic acids is 1. The first kappa shape index (κ1) is 17.0. The highest BCUT2D eigenvalue weighted by atomic mass is 35.5. The Hall–Kier alpha value is -2.79. The van der Waals surface area contributed by atoms with Crippen molar-refractivity contribution in [2.75, 3.05) is 7.11 Å². The molecule has 0 saturated heterocycles. The van der Waals surface area contributed by atoms with E-state index in [9.17, 15) is 9.59 Å². The molecule has 0 spiro atoms. The minimum absolute atomic E-state index is 0.200. The molecule has 0 bridgehead atoms. The number of benzene rings is 2. The number of hydrogen-bond acceptors (Lipinski definition) is 5. The first-order valence-electron chi connectivity index (χ1n) is 7.56. The third-order valence-electron chi connectivity index (χ3n) is 3.69. The molecule has 6 heteroatoms. The van der Waals surface area contributed by atoms with Crippen molar-refractivity contribution in [3.8, 4) is 22.6 Å². The van der Waals surface area contributed by atoms with Crippen LogP contribution in [0.15, 0.2) is 57.9 Å². The zero-order valence-electron chi connectivity index (χ0n) is 13.6.